The second-order valence-corrected chi connectivity index (χ2v) is 9.72. The highest BCUT2D eigenvalue weighted by Gasteiger charge is 2.41. The number of fused-ring (bicyclic) bond motifs is 6. The van der Waals surface area contributed by atoms with Crippen molar-refractivity contribution >= 4 is 25.2 Å². The standard InChI is InChI=1S/C30H28B2O6/c33-13-15-37-31(35)19-9-11-23-24-12-10-20(32(36)38-16-14-34)18-28(24)30(27(23)17-19)29-25-7-3-1-5-21(25)22-6-2-4-8-26(22)29/h1-12,17-18,29-30,33-36H,13-16H2. The molecule has 0 amide bonds. The van der Waals surface area contributed by atoms with Gasteiger partial charge in [0.15, 0.2) is 0 Å². The Labute approximate surface area is 222 Å². The van der Waals surface area contributed by atoms with E-state index in [1.165, 1.54) is 22.3 Å². The van der Waals surface area contributed by atoms with Crippen molar-refractivity contribution in [2.24, 2.45) is 0 Å². The summed E-state index contributed by atoms with van der Waals surface area (Å²) in [5, 5.41) is 39.6. The van der Waals surface area contributed by atoms with Crippen LogP contribution in [-0.4, -0.2) is 60.9 Å². The smallest absolute Gasteiger partial charge is 0.423 e. The predicted molar refractivity (Wildman–Crippen MR) is 149 cm³/mol. The molecule has 4 aromatic rings. The van der Waals surface area contributed by atoms with Crippen LogP contribution in [0, 0.1) is 0 Å². The van der Waals surface area contributed by atoms with Crippen molar-refractivity contribution in [3.8, 4) is 22.3 Å². The van der Waals surface area contributed by atoms with E-state index < -0.39 is 14.2 Å². The maximum Gasteiger partial charge on any atom is 0.491 e. The van der Waals surface area contributed by atoms with Crippen LogP contribution in [0.5, 0.6) is 0 Å². The average Bonchev–Trinajstić information content (AvgIpc) is 3.45. The van der Waals surface area contributed by atoms with Gasteiger partial charge >= 0.3 is 14.2 Å². The second-order valence-electron chi connectivity index (χ2n) is 9.72. The minimum atomic E-state index is -1.15. The largest absolute Gasteiger partial charge is 0.491 e. The maximum atomic E-state index is 10.7. The van der Waals surface area contributed by atoms with Gasteiger partial charge in [-0.25, -0.2) is 0 Å². The minimum absolute atomic E-state index is 0.0268. The minimum Gasteiger partial charge on any atom is -0.423 e. The highest BCUT2D eigenvalue weighted by atomic mass is 16.5. The van der Waals surface area contributed by atoms with Gasteiger partial charge in [0, 0.05) is 11.8 Å². The van der Waals surface area contributed by atoms with Crippen molar-refractivity contribution in [1.29, 1.82) is 0 Å². The Morgan fingerprint density at radius 3 is 1.37 bits per heavy atom. The van der Waals surface area contributed by atoms with Crippen molar-refractivity contribution in [3.63, 3.8) is 0 Å². The molecule has 2 aliphatic carbocycles. The highest BCUT2D eigenvalue weighted by Crippen LogP contribution is 2.57. The fourth-order valence-corrected chi connectivity index (χ4v) is 6.08. The first-order chi connectivity index (χ1) is 18.6. The third-order valence-electron chi connectivity index (χ3n) is 7.63. The van der Waals surface area contributed by atoms with Crippen LogP contribution in [-0.2, 0) is 9.31 Å². The molecule has 0 bridgehead atoms. The van der Waals surface area contributed by atoms with Crippen LogP contribution in [0.2, 0.25) is 0 Å². The van der Waals surface area contributed by atoms with Gasteiger partial charge < -0.3 is 29.6 Å². The summed E-state index contributed by atoms with van der Waals surface area (Å²) >= 11 is 0. The Morgan fingerprint density at radius 1 is 0.526 bits per heavy atom. The van der Waals surface area contributed by atoms with Crippen LogP contribution >= 0.6 is 0 Å². The number of hydrogen-bond donors (Lipinski definition) is 4. The van der Waals surface area contributed by atoms with E-state index in [-0.39, 0.29) is 38.3 Å². The number of aliphatic hydroxyl groups excluding tert-OH is 2. The van der Waals surface area contributed by atoms with Crippen molar-refractivity contribution in [1.82, 2.24) is 0 Å². The summed E-state index contributed by atoms with van der Waals surface area (Å²) in [5.41, 5.74) is 10.4. The van der Waals surface area contributed by atoms with Crippen LogP contribution in [0.25, 0.3) is 22.3 Å². The normalized spacial score (nSPS) is 13.7. The Morgan fingerprint density at radius 2 is 0.921 bits per heavy atom. The summed E-state index contributed by atoms with van der Waals surface area (Å²) in [4.78, 5) is 0. The first-order valence-electron chi connectivity index (χ1n) is 12.9. The lowest BCUT2D eigenvalue weighted by molar-refractivity contribution is 0.183. The van der Waals surface area contributed by atoms with Crippen molar-refractivity contribution in [3.05, 3.63) is 107 Å². The summed E-state index contributed by atoms with van der Waals surface area (Å²) in [7, 11) is -2.30. The Kier molecular flexibility index (Phi) is 6.93. The Hall–Kier alpha value is -3.23. The Bertz CT molecular complexity index is 1370. The van der Waals surface area contributed by atoms with E-state index in [1.54, 1.807) is 0 Å². The number of hydrogen-bond acceptors (Lipinski definition) is 6. The molecule has 0 heterocycles. The van der Waals surface area contributed by atoms with E-state index in [0.29, 0.717) is 10.9 Å². The monoisotopic (exact) mass is 506 g/mol. The van der Waals surface area contributed by atoms with E-state index in [2.05, 4.69) is 48.5 Å². The molecule has 0 radical (unpaired) electrons. The molecular weight excluding hydrogens is 478 g/mol. The van der Waals surface area contributed by atoms with Crippen LogP contribution in [0.4, 0.5) is 0 Å². The zero-order valence-corrected chi connectivity index (χ0v) is 20.8. The molecule has 38 heavy (non-hydrogen) atoms. The highest BCUT2D eigenvalue weighted by molar-refractivity contribution is 6.60. The molecule has 4 N–H and O–H groups in total. The summed E-state index contributed by atoms with van der Waals surface area (Å²) in [6.07, 6.45) is 0. The van der Waals surface area contributed by atoms with Crippen LogP contribution in [0.1, 0.15) is 34.1 Å². The number of aliphatic hydroxyl groups is 2. The molecule has 0 fully saturated rings. The molecule has 6 nitrogen and oxygen atoms in total. The fraction of sp³-hybridized carbons (Fsp3) is 0.200. The van der Waals surface area contributed by atoms with Gasteiger partial charge in [0.2, 0.25) is 0 Å². The van der Waals surface area contributed by atoms with Gasteiger partial charge in [-0.3, -0.25) is 0 Å². The van der Waals surface area contributed by atoms with Gasteiger partial charge in [0.25, 0.3) is 0 Å². The van der Waals surface area contributed by atoms with Crippen LogP contribution in [0.3, 0.4) is 0 Å². The van der Waals surface area contributed by atoms with Crippen molar-refractivity contribution in [2.75, 3.05) is 26.4 Å². The third kappa shape index (κ3) is 4.20. The van der Waals surface area contributed by atoms with Crippen molar-refractivity contribution < 1.29 is 29.6 Å². The third-order valence-corrected chi connectivity index (χ3v) is 7.63. The molecule has 8 heteroatoms. The first-order valence-corrected chi connectivity index (χ1v) is 12.9. The van der Waals surface area contributed by atoms with Crippen LogP contribution < -0.4 is 10.9 Å². The lowest BCUT2D eigenvalue weighted by Crippen LogP contribution is -2.35. The molecule has 2 aliphatic rings. The molecule has 6 rings (SSSR count). The lowest BCUT2D eigenvalue weighted by Gasteiger charge is -2.25. The van der Waals surface area contributed by atoms with E-state index >= 15 is 0 Å². The first kappa shape index (κ1) is 25.1. The van der Waals surface area contributed by atoms with Gasteiger partial charge in [-0.15, -0.1) is 0 Å². The summed E-state index contributed by atoms with van der Waals surface area (Å²) in [6, 6.07) is 28.7. The van der Waals surface area contributed by atoms with Gasteiger partial charge in [0.1, 0.15) is 0 Å². The van der Waals surface area contributed by atoms with Gasteiger partial charge in [-0.05, 0) is 55.4 Å². The van der Waals surface area contributed by atoms with E-state index in [0.717, 1.165) is 22.3 Å². The molecule has 0 unspecified atom stereocenters. The van der Waals surface area contributed by atoms with E-state index in [1.807, 2.05) is 36.4 Å². The Balaban J connectivity index is 1.53. The molecule has 0 atom stereocenters. The molecule has 0 aromatic heterocycles. The van der Waals surface area contributed by atoms with Gasteiger partial charge in [-0.2, -0.15) is 0 Å². The van der Waals surface area contributed by atoms with Gasteiger partial charge in [0.05, 0.1) is 26.4 Å². The molecular formula is C30H28B2O6. The number of rotatable bonds is 9. The maximum absolute atomic E-state index is 10.7. The SMILES string of the molecule is OCCOB(O)c1ccc2c(c1)C(C1c3ccccc3-c3ccccc31)c1cc(B(O)OCCO)ccc1-2. The quantitative estimate of drug-likeness (QED) is 0.260. The molecule has 0 saturated heterocycles. The zero-order chi connectivity index (χ0) is 26.2. The van der Waals surface area contributed by atoms with E-state index in [9.17, 15) is 10.0 Å². The predicted octanol–water partition coefficient (Wildman–Crippen LogP) is 2.00. The van der Waals surface area contributed by atoms with Crippen LogP contribution in [0.15, 0.2) is 84.9 Å². The molecule has 190 valence electrons. The topological polar surface area (TPSA) is 99.4 Å². The summed E-state index contributed by atoms with van der Waals surface area (Å²) in [5.74, 6) is -0.0568. The molecule has 0 saturated carbocycles. The summed E-state index contributed by atoms with van der Waals surface area (Å²) < 4.78 is 10.8. The number of benzene rings is 4. The lowest BCUT2D eigenvalue weighted by atomic mass is 9.73. The van der Waals surface area contributed by atoms with E-state index in [4.69, 9.17) is 19.5 Å². The van der Waals surface area contributed by atoms with Gasteiger partial charge in [-0.1, -0.05) is 84.9 Å². The summed E-state index contributed by atoms with van der Waals surface area (Å²) in [6.45, 7) is -0.259. The molecule has 4 aromatic carbocycles. The van der Waals surface area contributed by atoms with Crippen molar-refractivity contribution in [2.45, 2.75) is 11.8 Å². The average molecular weight is 506 g/mol. The molecule has 0 spiro atoms. The fourth-order valence-electron chi connectivity index (χ4n) is 6.08. The molecule has 0 aliphatic heterocycles. The zero-order valence-electron chi connectivity index (χ0n) is 20.8. The second kappa shape index (κ2) is 10.5.